The lowest BCUT2D eigenvalue weighted by Gasteiger charge is -2.30. The lowest BCUT2D eigenvalue weighted by molar-refractivity contribution is 0.202. The Hall–Kier alpha value is -5.88. The molecule has 12 heteroatoms. The van der Waals surface area contributed by atoms with Gasteiger partial charge in [-0.25, -0.2) is 9.97 Å². The van der Waals surface area contributed by atoms with Gasteiger partial charge in [-0.15, -0.1) is 20.4 Å². The maximum atomic E-state index is 5.18. The molecule has 242 valence electrons. The van der Waals surface area contributed by atoms with Crippen molar-refractivity contribution in [3.63, 3.8) is 0 Å². The molecule has 1 fully saturated rings. The maximum absolute atomic E-state index is 5.18. The number of benzene rings is 2. The number of aromatic amines is 1. The molecule has 9 rings (SSSR count). The SMILES string of the molecule is c1ccc(-c2cc3cnc(N4CCn5cnnc5C4)nc3nc2-c2ccc(CN3CCC(c4nnc(-c5ccccn5)[nH]4)CC3)cc2)cc1. The second kappa shape index (κ2) is 12.6. The Balaban J connectivity index is 0.931. The molecule has 0 bridgehead atoms. The van der Waals surface area contributed by atoms with E-state index in [9.17, 15) is 0 Å². The van der Waals surface area contributed by atoms with Crippen molar-refractivity contribution in [2.24, 2.45) is 0 Å². The molecule has 1 N–H and O–H groups in total. The van der Waals surface area contributed by atoms with E-state index in [1.807, 2.05) is 30.5 Å². The van der Waals surface area contributed by atoms with E-state index < -0.39 is 0 Å². The van der Waals surface area contributed by atoms with E-state index in [0.29, 0.717) is 24.1 Å². The highest BCUT2D eigenvalue weighted by Crippen LogP contribution is 2.34. The van der Waals surface area contributed by atoms with E-state index >= 15 is 0 Å². The second-order valence-electron chi connectivity index (χ2n) is 12.7. The van der Waals surface area contributed by atoms with Gasteiger partial charge in [-0.2, -0.15) is 4.98 Å². The number of hydrogen-bond acceptors (Lipinski definition) is 10. The van der Waals surface area contributed by atoms with Crippen molar-refractivity contribution in [3.05, 3.63) is 115 Å². The molecule has 5 aromatic heterocycles. The van der Waals surface area contributed by atoms with Crippen molar-refractivity contribution in [2.75, 3.05) is 24.5 Å². The fourth-order valence-electron chi connectivity index (χ4n) is 6.87. The molecular weight excluding hydrogens is 612 g/mol. The van der Waals surface area contributed by atoms with Crippen LogP contribution in [0, 0.1) is 0 Å². The Morgan fingerprint density at radius 2 is 1.63 bits per heavy atom. The van der Waals surface area contributed by atoms with Crippen LogP contribution in [-0.4, -0.2) is 74.4 Å². The molecule has 0 radical (unpaired) electrons. The lowest BCUT2D eigenvalue weighted by atomic mass is 9.95. The predicted molar refractivity (Wildman–Crippen MR) is 186 cm³/mol. The first-order chi connectivity index (χ1) is 24.2. The van der Waals surface area contributed by atoms with Crippen molar-refractivity contribution >= 4 is 17.0 Å². The first-order valence-electron chi connectivity index (χ1n) is 16.7. The maximum Gasteiger partial charge on any atom is 0.227 e. The lowest BCUT2D eigenvalue weighted by Crippen LogP contribution is -2.34. The van der Waals surface area contributed by atoms with Gasteiger partial charge in [-0.3, -0.25) is 9.88 Å². The minimum absolute atomic E-state index is 0.374. The molecule has 0 unspecified atom stereocenters. The highest BCUT2D eigenvalue weighted by molar-refractivity contribution is 5.90. The number of hydrogen-bond donors (Lipinski definition) is 1. The zero-order valence-corrected chi connectivity index (χ0v) is 26.9. The van der Waals surface area contributed by atoms with Gasteiger partial charge in [0.1, 0.15) is 17.8 Å². The zero-order chi connectivity index (χ0) is 32.6. The first kappa shape index (κ1) is 29.3. The second-order valence-corrected chi connectivity index (χ2v) is 12.7. The number of aromatic nitrogens is 10. The quantitative estimate of drug-likeness (QED) is 0.236. The molecule has 1 saturated heterocycles. The van der Waals surface area contributed by atoms with Gasteiger partial charge in [0, 0.05) is 54.5 Å². The molecule has 2 aliphatic heterocycles. The van der Waals surface area contributed by atoms with Crippen LogP contribution in [0.3, 0.4) is 0 Å². The monoisotopic (exact) mass is 646 g/mol. The summed E-state index contributed by atoms with van der Waals surface area (Å²) in [5, 5.41) is 18.0. The van der Waals surface area contributed by atoms with E-state index in [4.69, 9.17) is 15.0 Å². The van der Waals surface area contributed by atoms with Gasteiger partial charge in [0.15, 0.2) is 17.3 Å². The predicted octanol–water partition coefficient (Wildman–Crippen LogP) is 5.53. The third-order valence-corrected chi connectivity index (χ3v) is 9.58. The summed E-state index contributed by atoms with van der Waals surface area (Å²) < 4.78 is 2.07. The Bertz CT molecular complexity index is 2200. The topological polar surface area (TPSA) is 130 Å². The van der Waals surface area contributed by atoms with Crippen molar-refractivity contribution in [3.8, 4) is 33.9 Å². The summed E-state index contributed by atoms with van der Waals surface area (Å²) in [7, 11) is 0. The smallest absolute Gasteiger partial charge is 0.227 e. The summed E-state index contributed by atoms with van der Waals surface area (Å²) in [6.45, 7) is 5.13. The van der Waals surface area contributed by atoms with E-state index in [-0.39, 0.29) is 0 Å². The van der Waals surface area contributed by atoms with Gasteiger partial charge >= 0.3 is 0 Å². The molecule has 0 amide bonds. The molecule has 0 saturated carbocycles. The molecule has 2 aromatic carbocycles. The standard InChI is InChI=1S/C37H34N12/c1-2-6-26(7-3-1)30-20-29-21-39-37(48-18-19-49-24-40-44-32(49)23-48)43-34(29)41-33(30)27-11-9-25(10-12-27)22-47-16-13-28(14-17-47)35-42-36(46-45-35)31-8-4-5-15-38-31/h1-12,15,20-21,24,28H,13-14,16-19,22-23H2,(H,42,45,46). The van der Waals surface area contributed by atoms with Crippen LogP contribution in [0.2, 0.25) is 0 Å². The number of likely N-dealkylation sites (tertiary alicyclic amines) is 1. The van der Waals surface area contributed by atoms with Gasteiger partial charge in [-0.1, -0.05) is 60.7 Å². The van der Waals surface area contributed by atoms with Gasteiger partial charge < -0.3 is 14.5 Å². The Kier molecular flexibility index (Phi) is 7.54. The van der Waals surface area contributed by atoms with E-state index in [1.165, 1.54) is 5.56 Å². The number of rotatable bonds is 7. The van der Waals surface area contributed by atoms with Crippen molar-refractivity contribution in [1.29, 1.82) is 0 Å². The van der Waals surface area contributed by atoms with Crippen LogP contribution in [0.5, 0.6) is 0 Å². The zero-order valence-electron chi connectivity index (χ0n) is 26.9. The molecule has 0 aliphatic carbocycles. The van der Waals surface area contributed by atoms with Gasteiger partial charge in [0.05, 0.1) is 12.2 Å². The summed E-state index contributed by atoms with van der Waals surface area (Å²) in [5.41, 5.74) is 6.91. The summed E-state index contributed by atoms with van der Waals surface area (Å²) in [6.07, 6.45) is 7.52. The average molecular weight is 647 g/mol. The summed E-state index contributed by atoms with van der Waals surface area (Å²) >= 11 is 0. The number of anilines is 1. The van der Waals surface area contributed by atoms with Crippen LogP contribution >= 0.6 is 0 Å². The Morgan fingerprint density at radius 1 is 0.776 bits per heavy atom. The number of nitrogens with one attached hydrogen (secondary N) is 1. The highest BCUT2D eigenvalue weighted by Gasteiger charge is 2.24. The number of piperidine rings is 1. The summed E-state index contributed by atoms with van der Waals surface area (Å²) in [6, 6.07) is 27.2. The number of H-pyrrole nitrogens is 1. The molecule has 49 heavy (non-hydrogen) atoms. The molecule has 0 atom stereocenters. The molecule has 0 spiro atoms. The fraction of sp³-hybridized carbons (Fsp3) is 0.243. The molecule has 2 aliphatic rings. The van der Waals surface area contributed by atoms with E-state index in [2.05, 4.69) is 99.3 Å². The van der Waals surface area contributed by atoms with Crippen LogP contribution in [0.15, 0.2) is 97.6 Å². The highest BCUT2D eigenvalue weighted by atomic mass is 15.4. The molecular formula is C37H34N12. The molecule has 7 heterocycles. The van der Waals surface area contributed by atoms with E-state index in [1.54, 1.807) is 12.5 Å². The van der Waals surface area contributed by atoms with Gasteiger partial charge in [0.25, 0.3) is 0 Å². The van der Waals surface area contributed by atoms with Gasteiger partial charge in [0.2, 0.25) is 5.95 Å². The first-order valence-corrected chi connectivity index (χ1v) is 16.7. The van der Waals surface area contributed by atoms with Crippen LogP contribution < -0.4 is 4.90 Å². The normalized spacial score (nSPS) is 15.5. The summed E-state index contributed by atoms with van der Waals surface area (Å²) in [4.78, 5) is 27.3. The minimum Gasteiger partial charge on any atom is -0.331 e. The van der Waals surface area contributed by atoms with Crippen molar-refractivity contribution in [1.82, 2.24) is 54.8 Å². The van der Waals surface area contributed by atoms with Crippen LogP contribution in [0.4, 0.5) is 5.95 Å². The number of fused-ring (bicyclic) bond motifs is 2. The fourth-order valence-corrected chi connectivity index (χ4v) is 6.87. The Labute approximate surface area is 283 Å². The average Bonchev–Trinajstić information content (AvgIpc) is 3.86. The Morgan fingerprint density at radius 3 is 2.47 bits per heavy atom. The molecule has 12 nitrogen and oxygen atoms in total. The van der Waals surface area contributed by atoms with E-state index in [0.717, 1.165) is 96.5 Å². The van der Waals surface area contributed by atoms with Crippen molar-refractivity contribution in [2.45, 2.75) is 38.4 Å². The van der Waals surface area contributed by atoms with Crippen molar-refractivity contribution < 1.29 is 0 Å². The third-order valence-electron chi connectivity index (χ3n) is 9.58. The largest absolute Gasteiger partial charge is 0.331 e. The third kappa shape index (κ3) is 5.91. The van der Waals surface area contributed by atoms with Gasteiger partial charge in [-0.05, 0) is 55.3 Å². The minimum atomic E-state index is 0.374. The van der Waals surface area contributed by atoms with Crippen LogP contribution in [-0.2, 0) is 19.6 Å². The van der Waals surface area contributed by atoms with Crippen LogP contribution in [0.25, 0.3) is 44.9 Å². The van der Waals surface area contributed by atoms with Crippen LogP contribution in [0.1, 0.15) is 36.0 Å². The number of pyridine rings is 2. The summed E-state index contributed by atoms with van der Waals surface area (Å²) in [5.74, 6) is 3.63. The number of nitrogens with zero attached hydrogens (tertiary/aromatic N) is 11. The molecule has 7 aromatic rings.